The summed E-state index contributed by atoms with van der Waals surface area (Å²) in [6.45, 7) is 3.18. The molecule has 0 saturated carbocycles. The summed E-state index contributed by atoms with van der Waals surface area (Å²) in [7, 11) is 0. The number of ether oxygens (including phenoxy) is 4. The lowest BCUT2D eigenvalue weighted by atomic mass is 9.93. The minimum atomic E-state index is 0.483. The highest BCUT2D eigenvalue weighted by atomic mass is 16.6. The number of benzene rings is 4. The van der Waals surface area contributed by atoms with E-state index in [1.165, 1.54) is 21.5 Å². The summed E-state index contributed by atoms with van der Waals surface area (Å²) < 4.78 is 23.5. The Kier molecular flexibility index (Phi) is 4.00. The van der Waals surface area contributed by atoms with Crippen molar-refractivity contribution < 1.29 is 18.9 Å². The van der Waals surface area contributed by atoms with E-state index in [0.29, 0.717) is 39.6 Å². The van der Waals surface area contributed by atoms with Crippen LogP contribution in [0.1, 0.15) is 0 Å². The second kappa shape index (κ2) is 6.63. The maximum absolute atomic E-state index is 6.19. The van der Waals surface area contributed by atoms with Crippen LogP contribution in [-0.2, 0) is 9.47 Å². The lowest BCUT2D eigenvalue weighted by Gasteiger charge is -2.21. The second-order valence-electron chi connectivity index (χ2n) is 6.45. The topological polar surface area (TPSA) is 36.9 Å². The van der Waals surface area contributed by atoms with E-state index in [0.717, 1.165) is 22.3 Å². The number of hydrogen-bond donors (Lipinski definition) is 0. The van der Waals surface area contributed by atoms with Crippen LogP contribution in [0.5, 0.6) is 11.5 Å². The summed E-state index contributed by atoms with van der Waals surface area (Å²) in [6.07, 6.45) is 0. The van der Waals surface area contributed by atoms with Gasteiger partial charge in [0.1, 0.15) is 13.2 Å². The van der Waals surface area contributed by atoms with Gasteiger partial charge < -0.3 is 18.9 Å². The molecule has 0 spiro atoms. The third kappa shape index (κ3) is 2.54. The molecule has 5 rings (SSSR count). The molecule has 0 aliphatic carbocycles. The summed E-state index contributed by atoms with van der Waals surface area (Å²) in [6, 6.07) is 17.0. The van der Waals surface area contributed by atoms with Gasteiger partial charge >= 0.3 is 0 Å². The Morgan fingerprint density at radius 2 is 0.962 bits per heavy atom. The molecule has 0 aromatic heterocycles. The predicted molar refractivity (Wildman–Crippen MR) is 103 cm³/mol. The van der Waals surface area contributed by atoms with E-state index in [-0.39, 0.29) is 0 Å². The van der Waals surface area contributed by atoms with Crippen LogP contribution in [-0.4, -0.2) is 39.6 Å². The van der Waals surface area contributed by atoms with E-state index in [4.69, 9.17) is 18.9 Å². The summed E-state index contributed by atoms with van der Waals surface area (Å²) in [4.78, 5) is 0. The highest BCUT2D eigenvalue weighted by Gasteiger charge is 2.20. The first-order valence-electron chi connectivity index (χ1n) is 9.04. The molecule has 4 aromatic rings. The van der Waals surface area contributed by atoms with Crippen LogP contribution in [0.25, 0.3) is 32.3 Å². The minimum Gasteiger partial charge on any atom is -0.487 e. The summed E-state index contributed by atoms with van der Waals surface area (Å²) >= 11 is 0. The molecule has 4 heteroatoms. The van der Waals surface area contributed by atoms with Crippen LogP contribution in [0, 0.1) is 0 Å². The molecular formula is C22H20O4. The molecular weight excluding hydrogens is 328 g/mol. The lowest BCUT2D eigenvalue weighted by molar-refractivity contribution is 0.0228. The average molecular weight is 348 g/mol. The molecule has 0 unspecified atom stereocenters. The van der Waals surface area contributed by atoms with Gasteiger partial charge in [0.15, 0.2) is 11.5 Å². The molecule has 1 aliphatic heterocycles. The molecule has 0 saturated heterocycles. The molecule has 1 heterocycles. The quantitative estimate of drug-likeness (QED) is 0.442. The molecule has 0 fully saturated rings. The molecule has 0 bridgehead atoms. The summed E-state index contributed by atoms with van der Waals surface area (Å²) in [5.41, 5.74) is 0. The van der Waals surface area contributed by atoms with E-state index < -0.39 is 0 Å². The first-order valence-corrected chi connectivity index (χ1v) is 9.04. The van der Waals surface area contributed by atoms with Crippen LogP contribution < -0.4 is 9.47 Å². The zero-order chi connectivity index (χ0) is 17.3. The Labute approximate surface area is 151 Å². The highest BCUT2D eigenvalue weighted by molar-refractivity contribution is 6.26. The first kappa shape index (κ1) is 15.7. The van der Waals surface area contributed by atoms with Gasteiger partial charge in [0, 0.05) is 21.5 Å². The number of rotatable bonds is 0. The van der Waals surface area contributed by atoms with Gasteiger partial charge in [-0.25, -0.2) is 0 Å². The molecule has 0 amide bonds. The van der Waals surface area contributed by atoms with Gasteiger partial charge in [-0.2, -0.15) is 0 Å². The van der Waals surface area contributed by atoms with Crippen LogP contribution in [0.4, 0.5) is 0 Å². The summed E-state index contributed by atoms with van der Waals surface area (Å²) in [5.74, 6) is 1.59. The van der Waals surface area contributed by atoms with E-state index in [2.05, 4.69) is 48.5 Å². The maximum Gasteiger partial charge on any atom is 0.169 e. The average Bonchev–Trinajstić information content (AvgIpc) is 2.67. The van der Waals surface area contributed by atoms with Crippen molar-refractivity contribution in [2.24, 2.45) is 0 Å². The zero-order valence-corrected chi connectivity index (χ0v) is 14.5. The van der Waals surface area contributed by atoms with Crippen LogP contribution >= 0.6 is 0 Å². The molecule has 4 aromatic carbocycles. The molecule has 26 heavy (non-hydrogen) atoms. The Hall–Kier alpha value is -2.56. The van der Waals surface area contributed by atoms with Gasteiger partial charge in [-0.3, -0.25) is 0 Å². The SMILES string of the molecule is c1cc2ccc3cccc4c5c(c(c1)c2c34)OCCOCCOCCO5. The standard InChI is InChI=1S/C22H20O4/c1-3-15-7-8-16-4-2-6-18-20(16)19(15)17(5-1)21-22(18)26-14-12-24-10-9-23-11-13-25-21/h1-8H,9-14H2. The molecule has 4 nitrogen and oxygen atoms in total. The van der Waals surface area contributed by atoms with E-state index in [9.17, 15) is 0 Å². The molecule has 1 aliphatic rings. The Balaban J connectivity index is 1.80. The molecule has 0 atom stereocenters. The van der Waals surface area contributed by atoms with Gasteiger partial charge in [-0.1, -0.05) is 48.5 Å². The van der Waals surface area contributed by atoms with E-state index in [1.54, 1.807) is 0 Å². The number of hydrogen-bond acceptors (Lipinski definition) is 4. The largest absolute Gasteiger partial charge is 0.487 e. The Morgan fingerprint density at radius 3 is 1.46 bits per heavy atom. The Morgan fingerprint density at radius 1 is 0.500 bits per heavy atom. The van der Waals surface area contributed by atoms with Crippen LogP contribution in [0.2, 0.25) is 0 Å². The molecule has 132 valence electrons. The number of fused-ring (bicyclic) bond motifs is 3. The van der Waals surface area contributed by atoms with E-state index >= 15 is 0 Å². The third-order valence-electron chi connectivity index (χ3n) is 4.90. The fourth-order valence-corrected chi connectivity index (χ4v) is 3.79. The fraction of sp³-hybridized carbons (Fsp3) is 0.273. The van der Waals surface area contributed by atoms with Crippen molar-refractivity contribution in [2.75, 3.05) is 39.6 Å². The van der Waals surface area contributed by atoms with Crippen molar-refractivity contribution >= 4 is 32.3 Å². The minimum absolute atomic E-state index is 0.483. The zero-order valence-electron chi connectivity index (χ0n) is 14.5. The Bertz CT molecular complexity index is 971. The van der Waals surface area contributed by atoms with Gasteiger partial charge in [-0.05, 0) is 10.8 Å². The van der Waals surface area contributed by atoms with Crippen molar-refractivity contribution in [2.45, 2.75) is 0 Å². The van der Waals surface area contributed by atoms with Gasteiger partial charge in [0.25, 0.3) is 0 Å². The van der Waals surface area contributed by atoms with Crippen molar-refractivity contribution in [3.63, 3.8) is 0 Å². The lowest BCUT2D eigenvalue weighted by Crippen LogP contribution is -2.16. The second-order valence-corrected chi connectivity index (χ2v) is 6.45. The van der Waals surface area contributed by atoms with Crippen LogP contribution in [0.3, 0.4) is 0 Å². The van der Waals surface area contributed by atoms with Gasteiger partial charge in [0.2, 0.25) is 0 Å². The monoisotopic (exact) mass is 348 g/mol. The smallest absolute Gasteiger partial charge is 0.169 e. The van der Waals surface area contributed by atoms with E-state index in [1.807, 2.05) is 0 Å². The van der Waals surface area contributed by atoms with Crippen molar-refractivity contribution in [1.29, 1.82) is 0 Å². The van der Waals surface area contributed by atoms with Crippen molar-refractivity contribution in [3.8, 4) is 11.5 Å². The third-order valence-corrected chi connectivity index (χ3v) is 4.90. The van der Waals surface area contributed by atoms with Gasteiger partial charge in [-0.15, -0.1) is 0 Å². The van der Waals surface area contributed by atoms with Gasteiger partial charge in [0.05, 0.1) is 26.4 Å². The fourth-order valence-electron chi connectivity index (χ4n) is 3.79. The van der Waals surface area contributed by atoms with Crippen molar-refractivity contribution in [3.05, 3.63) is 48.5 Å². The summed E-state index contributed by atoms with van der Waals surface area (Å²) in [5, 5.41) is 7.05. The van der Waals surface area contributed by atoms with Crippen molar-refractivity contribution in [1.82, 2.24) is 0 Å². The predicted octanol–water partition coefficient (Wildman–Crippen LogP) is 4.39. The highest BCUT2D eigenvalue weighted by Crippen LogP contribution is 2.47. The first-order chi connectivity index (χ1) is 12.9. The molecule has 0 radical (unpaired) electrons. The molecule has 0 N–H and O–H groups in total. The van der Waals surface area contributed by atoms with Crippen LogP contribution in [0.15, 0.2) is 48.5 Å². The maximum atomic E-state index is 6.19. The normalized spacial score (nSPS) is 16.6.